The molecule has 1 saturated heterocycles. The topological polar surface area (TPSA) is 54.0 Å². The van der Waals surface area contributed by atoms with E-state index in [1.54, 1.807) is 0 Å². The Morgan fingerprint density at radius 2 is 1.73 bits per heavy atom. The highest BCUT2D eigenvalue weighted by atomic mass is 16.7. The highest BCUT2D eigenvalue weighted by Crippen LogP contribution is 2.37. The Balaban J connectivity index is 1.16. The predicted molar refractivity (Wildman–Crippen MR) is 86.1 cm³/mol. The average molecular weight is 311 g/mol. The molecule has 128 valence electrons. The Labute approximate surface area is 134 Å². The number of ether oxygens (including phenoxy) is 1. The van der Waals surface area contributed by atoms with Crippen molar-refractivity contribution in [1.82, 2.24) is 5.48 Å². The Kier molecular flexibility index (Phi) is 6.54. The molecule has 0 aromatic heterocycles. The van der Waals surface area contributed by atoms with Gasteiger partial charge in [-0.1, -0.05) is 44.9 Å². The van der Waals surface area contributed by atoms with Crippen molar-refractivity contribution in [2.45, 2.75) is 95.5 Å². The molecule has 4 nitrogen and oxygen atoms in total. The average Bonchev–Trinajstić information content (AvgIpc) is 3.32. The lowest BCUT2D eigenvalue weighted by Gasteiger charge is -2.23. The van der Waals surface area contributed by atoms with Gasteiger partial charge < -0.3 is 9.84 Å². The Hall–Kier alpha value is -0.160. The number of rotatable bonds is 8. The SMILES string of the molecule is OC1CCC(C2OC2NOCCCCC2CCCCC2)CC1. The standard InChI is InChI=1S/C18H33NO3/c20-16-11-9-15(10-12-16)17-18(22-17)19-21-13-5-4-8-14-6-2-1-3-7-14/h14-20H,1-13H2. The summed E-state index contributed by atoms with van der Waals surface area (Å²) in [5.74, 6) is 1.59. The van der Waals surface area contributed by atoms with E-state index in [2.05, 4.69) is 5.48 Å². The van der Waals surface area contributed by atoms with Crippen molar-refractivity contribution in [3.05, 3.63) is 0 Å². The summed E-state index contributed by atoms with van der Waals surface area (Å²) in [6.07, 6.45) is 15.4. The van der Waals surface area contributed by atoms with E-state index in [4.69, 9.17) is 9.57 Å². The number of nitrogens with one attached hydrogen (secondary N) is 1. The van der Waals surface area contributed by atoms with E-state index in [9.17, 15) is 5.11 Å². The number of hydrogen-bond donors (Lipinski definition) is 2. The van der Waals surface area contributed by atoms with Crippen molar-refractivity contribution in [3.63, 3.8) is 0 Å². The van der Waals surface area contributed by atoms with Gasteiger partial charge >= 0.3 is 0 Å². The molecule has 4 heteroatoms. The number of hydroxylamine groups is 1. The molecule has 3 rings (SSSR count). The zero-order valence-electron chi connectivity index (χ0n) is 13.8. The molecule has 3 aliphatic rings. The van der Waals surface area contributed by atoms with Crippen LogP contribution in [0.4, 0.5) is 0 Å². The van der Waals surface area contributed by atoms with Crippen LogP contribution < -0.4 is 5.48 Å². The molecule has 22 heavy (non-hydrogen) atoms. The first-order valence-electron chi connectivity index (χ1n) is 9.54. The molecule has 2 atom stereocenters. The lowest BCUT2D eigenvalue weighted by atomic mass is 9.85. The van der Waals surface area contributed by atoms with Gasteiger partial charge in [0.25, 0.3) is 0 Å². The minimum atomic E-state index is -0.0816. The van der Waals surface area contributed by atoms with E-state index in [1.807, 2.05) is 0 Å². The third-order valence-corrected chi connectivity index (χ3v) is 5.76. The summed E-state index contributed by atoms with van der Waals surface area (Å²) >= 11 is 0. The van der Waals surface area contributed by atoms with Gasteiger partial charge in [0.15, 0.2) is 6.23 Å². The maximum absolute atomic E-state index is 9.53. The van der Waals surface area contributed by atoms with Gasteiger partial charge in [0.05, 0.1) is 12.7 Å². The third kappa shape index (κ3) is 5.19. The van der Waals surface area contributed by atoms with Crippen molar-refractivity contribution >= 4 is 0 Å². The van der Waals surface area contributed by atoms with Crippen LogP contribution in [-0.4, -0.2) is 30.1 Å². The maximum Gasteiger partial charge on any atom is 0.157 e. The fraction of sp³-hybridized carbons (Fsp3) is 1.00. The fourth-order valence-electron chi connectivity index (χ4n) is 4.23. The molecule has 0 spiro atoms. The molecule has 2 N–H and O–H groups in total. The smallest absolute Gasteiger partial charge is 0.157 e. The molecule has 0 amide bonds. The quantitative estimate of drug-likeness (QED) is 0.409. The molecule has 0 aromatic carbocycles. The van der Waals surface area contributed by atoms with Crippen LogP contribution in [0.3, 0.4) is 0 Å². The molecule has 0 radical (unpaired) electrons. The van der Waals surface area contributed by atoms with Crippen LogP contribution in [0.15, 0.2) is 0 Å². The van der Waals surface area contributed by atoms with E-state index in [1.165, 1.54) is 44.9 Å². The molecule has 3 fully saturated rings. The molecule has 1 aliphatic heterocycles. The second-order valence-electron chi connectivity index (χ2n) is 7.56. The molecule has 2 aliphatic carbocycles. The number of epoxide rings is 1. The first-order chi connectivity index (χ1) is 10.8. The molecular formula is C18H33NO3. The number of hydrogen-bond acceptors (Lipinski definition) is 4. The van der Waals surface area contributed by atoms with E-state index < -0.39 is 0 Å². The van der Waals surface area contributed by atoms with Crippen molar-refractivity contribution < 1.29 is 14.7 Å². The highest BCUT2D eigenvalue weighted by Gasteiger charge is 2.45. The minimum Gasteiger partial charge on any atom is -0.393 e. The van der Waals surface area contributed by atoms with Crippen LogP contribution in [0.2, 0.25) is 0 Å². The molecular weight excluding hydrogens is 278 g/mol. The van der Waals surface area contributed by atoms with Gasteiger partial charge in [-0.15, -0.1) is 0 Å². The summed E-state index contributed by atoms with van der Waals surface area (Å²) in [5.41, 5.74) is 3.07. The van der Waals surface area contributed by atoms with Crippen molar-refractivity contribution in [2.24, 2.45) is 11.8 Å². The van der Waals surface area contributed by atoms with Gasteiger partial charge in [-0.2, -0.15) is 5.48 Å². The predicted octanol–water partition coefficient (Wildman–Crippen LogP) is 3.53. The number of unbranched alkanes of at least 4 members (excludes halogenated alkanes) is 1. The lowest BCUT2D eigenvalue weighted by molar-refractivity contribution is 0.0128. The second kappa shape index (κ2) is 8.62. The summed E-state index contributed by atoms with van der Waals surface area (Å²) in [5, 5.41) is 9.53. The van der Waals surface area contributed by atoms with E-state index in [0.717, 1.165) is 44.6 Å². The second-order valence-corrected chi connectivity index (χ2v) is 7.56. The number of aliphatic hydroxyl groups is 1. The van der Waals surface area contributed by atoms with Gasteiger partial charge in [-0.3, -0.25) is 4.84 Å². The monoisotopic (exact) mass is 311 g/mol. The highest BCUT2D eigenvalue weighted by molar-refractivity contribution is 4.89. The third-order valence-electron chi connectivity index (χ3n) is 5.76. The van der Waals surface area contributed by atoms with E-state index in [0.29, 0.717) is 12.0 Å². The summed E-state index contributed by atoms with van der Waals surface area (Å²) in [7, 11) is 0. The van der Waals surface area contributed by atoms with Crippen LogP contribution in [0.5, 0.6) is 0 Å². The zero-order chi connectivity index (χ0) is 15.2. The van der Waals surface area contributed by atoms with Crippen LogP contribution in [0, 0.1) is 11.8 Å². The summed E-state index contributed by atoms with van der Waals surface area (Å²) in [4.78, 5) is 5.56. The summed E-state index contributed by atoms with van der Waals surface area (Å²) < 4.78 is 5.68. The van der Waals surface area contributed by atoms with Gasteiger partial charge in [-0.25, -0.2) is 0 Å². The van der Waals surface area contributed by atoms with Crippen molar-refractivity contribution in [2.75, 3.05) is 6.61 Å². The van der Waals surface area contributed by atoms with Crippen LogP contribution in [-0.2, 0) is 9.57 Å². The van der Waals surface area contributed by atoms with E-state index in [-0.39, 0.29) is 12.3 Å². The molecule has 2 unspecified atom stereocenters. The van der Waals surface area contributed by atoms with Gasteiger partial charge in [0.1, 0.15) is 6.10 Å². The first kappa shape index (κ1) is 16.7. The van der Waals surface area contributed by atoms with E-state index >= 15 is 0 Å². The fourth-order valence-corrected chi connectivity index (χ4v) is 4.23. The Morgan fingerprint density at radius 3 is 2.50 bits per heavy atom. The van der Waals surface area contributed by atoms with Crippen molar-refractivity contribution in [1.29, 1.82) is 0 Å². The molecule has 1 heterocycles. The Bertz CT molecular complexity index is 311. The largest absolute Gasteiger partial charge is 0.393 e. The molecule has 0 aromatic rings. The maximum atomic E-state index is 9.53. The molecule has 2 saturated carbocycles. The zero-order valence-corrected chi connectivity index (χ0v) is 13.8. The Morgan fingerprint density at radius 1 is 0.955 bits per heavy atom. The minimum absolute atomic E-state index is 0.0816. The summed E-state index contributed by atoms with van der Waals surface area (Å²) in [6, 6.07) is 0. The van der Waals surface area contributed by atoms with Gasteiger partial charge in [-0.05, 0) is 43.9 Å². The van der Waals surface area contributed by atoms with Crippen LogP contribution >= 0.6 is 0 Å². The first-order valence-corrected chi connectivity index (χ1v) is 9.54. The van der Waals surface area contributed by atoms with Gasteiger partial charge in [0, 0.05) is 0 Å². The van der Waals surface area contributed by atoms with Crippen LogP contribution in [0.25, 0.3) is 0 Å². The van der Waals surface area contributed by atoms with Crippen molar-refractivity contribution in [3.8, 4) is 0 Å². The normalized spacial score (nSPS) is 36.4. The molecule has 0 bridgehead atoms. The van der Waals surface area contributed by atoms with Gasteiger partial charge in [0.2, 0.25) is 0 Å². The van der Waals surface area contributed by atoms with Crippen LogP contribution in [0.1, 0.15) is 77.0 Å². The number of aliphatic hydroxyl groups excluding tert-OH is 1. The lowest BCUT2D eigenvalue weighted by Crippen LogP contribution is -2.27. The summed E-state index contributed by atoms with van der Waals surface area (Å²) in [6.45, 7) is 0.794.